The lowest BCUT2D eigenvalue weighted by Gasteiger charge is -2.18. The molecule has 0 aliphatic carbocycles. The molecule has 0 unspecified atom stereocenters. The molecular formula is C27H22FNO4. The maximum Gasteiger partial charge on any atom is 0.363 e. The number of benzene rings is 3. The second kappa shape index (κ2) is 8.82. The van der Waals surface area contributed by atoms with Gasteiger partial charge < -0.3 is 9.47 Å². The molecule has 0 saturated heterocycles. The molecule has 3 aromatic carbocycles. The van der Waals surface area contributed by atoms with Crippen LogP contribution in [-0.4, -0.2) is 17.8 Å². The number of hydrogen-bond donors (Lipinski definition) is 0. The van der Waals surface area contributed by atoms with Gasteiger partial charge in [0.25, 0.3) is 0 Å². The van der Waals surface area contributed by atoms with E-state index in [0.29, 0.717) is 22.4 Å². The highest BCUT2D eigenvalue weighted by molar-refractivity contribution is 6.12. The van der Waals surface area contributed by atoms with Crippen LogP contribution in [0.3, 0.4) is 0 Å². The molecule has 33 heavy (non-hydrogen) atoms. The minimum Gasteiger partial charge on any atom is -0.423 e. The summed E-state index contributed by atoms with van der Waals surface area (Å²) in [5.74, 6) is -1.10. The molecule has 0 bridgehead atoms. The number of carbonyl (C=O) groups is 2. The second-order valence-electron chi connectivity index (χ2n) is 8.63. The number of carbonyl (C=O) groups excluding carboxylic acids is 2. The first-order valence-corrected chi connectivity index (χ1v) is 10.4. The third-order valence-corrected chi connectivity index (χ3v) is 5.07. The zero-order valence-corrected chi connectivity index (χ0v) is 18.5. The van der Waals surface area contributed by atoms with Crippen LogP contribution < -0.4 is 4.74 Å². The van der Waals surface area contributed by atoms with E-state index >= 15 is 0 Å². The fourth-order valence-corrected chi connectivity index (χ4v) is 3.22. The Morgan fingerprint density at radius 2 is 1.70 bits per heavy atom. The summed E-state index contributed by atoms with van der Waals surface area (Å²) in [6.07, 6.45) is 1.55. The minimum absolute atomic E-state index is 0.000608. The van der Waals surface area contributed by atoms with Crippen LogP contribution in [0.25, 0.3) is 6.08 Å². The first-order valence-electron chi connectivity index (χ1n) is 10.4. The van der Waals surface area contributed by atoms with Crippen molar-refractivity contribution in [1.82, 2.24) is 0 Å². The smallest absolute Gasteiger partial charge is 0.363 e. The fraction of sp³-hybridized carbons (Fsp3) is 0.148. The summed E-state index contributed by atoms with van der Waals surface area (Å²) in [6.45, 7) is 6.32. The number of nitrogens with zero attached hydrogens (tertiary/aromatic N) is 1. The molecule has 4 rings (SSSR count). The Balaban J connectivity index is 1.45. The topological polar surface area (TPSA) is 65.0 Å². The van der Waals surface area contributed by atoms with Gasteiger partial charge in [-0.25, -0.2) is 19.0 Å². The lowest BCUT2D eigenvalue weighted by atomic mass is 9.87. The van der Waals surface area contributed by atoms with E-state index in [2.05, 4.69) is 25.8 Å². The van der Waals surface area contributed by atoms with Crippen molar-refractivity contribution in [2.24, 2.45) is 4.99 Å². The van der Waals surface area contributed by atoms with Gasteiger partial charge in [0.1, 0.15) is 11.6 Å². The van der Waals surface area contributed by atoms with E-state index in [9.17, 15) is 14.0 Å². The van der Waals surface area contributed by atoms with Crippen molar-refractivity contribution in [3.8, 4) is 5.75 Å². The first kappa shape index (κ1) is 22.1. The van der Waals surface area contributed by atoms with Gasteiger partial charge in [0.05, 0.1) is 5.56 Å². The maximum absolute atomic E-state index is 13.4. The summed E-state index contributed by atoms with van der Waals surface area (Å²) in [4.78, 5) is 28.7. The van der Waals surface area contributed by atoms with E-state index in [0.717, 1.165) is 5.56 Å². The zero-order chi connectivity index (χ0) is 23.6. The molecule has 0 N–H and O–H groups in total. The lowest BCUT2D eigenvalue weighted by Crippen LogP contribution is -2.12. The number of halogens is 1. The number of rotatable bonds is 4. The van der Waals surface area contributed by atoms with E-state index in [4.69, 9.17) is 9.47 Å². The zero-order valence-electron chi connectivity index (χ0n) is 18.5. The molecular weight excluding hydrogens is 421 g/mol. The SMILES string of the molecule is CC(C)(C)c1ccc(C(=O)Oc2ccc(C=C3N=C(c4cccc(F)c4)OC3=O)cc2)cc1. The normalized spacial score (nSPS) is 14.7. The van der Waals surface area contributed by atoms with Gasteiger partial charge in [-0.1, -0.05) is 51.1 Å². The fourth-order valence-electron chi connectivity index (χ4n) is 3.22. The summed E-state index contributed by atoms with van der Waals surface area (Å²) in [6, 6.07) is 19.7. The summed E-state index contributed by atoms with van der Waals surface area (Å²) in [5, 5.41) is 0. The van der Waals surface area contributed by atoms with Gasteiger partial charge in [-0.05, 0) is 65.1 Å². The molecule has 0 radical (unpaired) electrons. The predicted molar refractivity (Wildman–Crippen MR) is 124 cm³/mol. The highest BCUT2D eigenvalue weighted by atomic mass is 19.1. The summed E-state index contributed by atoms with van der Waals surface area (Å²) in [5.41, 5.74) is 2.73. The van der Waals surface area contributed by atoms with E-state index < -0.39 is 17.8 Å². The number of ether oxygens (including phenoxy) is 2. The third kappa shape index (κ3) is 5.23. The molecule has 0 atom stereocenters. The molecule has 166 valence electrons. The Kier molecular flexibility index (Phi) is 5.92. The van der Waals surface area contributed by atoms with E-state index in [1.54, 1.807) is 48.5 Å². The number of hydrogen-bond acceptors (Lipinski definition) is 5. The summed E-state index contributed by atoms with van der Waals surface area (Å²) in [7, 11) is 0. The molecule has 0 aromatic heterocycles. The van der Waals surface area contributed by atoms with Gasteiger partial charge in [-0.3, -0.25) is 0 Å². The predicted octanol–water partition coefficient (Wildman–Crippen LogP) is 5.69. The van der Waals surface area contributed by atoms with Crippen molar-refractivity contribution in [2.45, 2.75) is 26.2 Å². The average molecular weight is 443 g/mol. The molecule has 1 aliphatic rings. The maximum atomic E-state index is 13.4. The van der Waals surface area contributed by atoms with E-state index in [1.165, 1.54) is 18.2 Å². The standard InChI is InChI=1S/C27H22FNO4/c1-27(2,3)20-11-9-18(10-12-20)25(30)32-22-13-7-17(8-14-22)15-23-26(31)33-24(29-23)19-5-4-6-21(28)16-19/h4-16H,1-3H3. The van der Waals surface area contributed by atoms with Crippen LogP contribution in [0.4, 0.5) is 4.39 Å². The van der Waals surface area contributed by atoms with Crippen molar-refractivity contribution in [1.29, 1.82) is 0 Å². The van der Waals surface area contributed by atoms with Gasteiger partial charge in [0.15, 0.2) is 5.70 Å². The summed E-state index contributed by atoms with van der Waals surface area (Å²) >= 11 is 0. The molecule has 1 aliphatic heterocycles. The Hall–Kier alpha value is -4.06. The van der Waals surface area contributed by atoms with Crippen molar-refractivity contribution < 1.29 is 23.5 Å². The van der Waals surface area contributed by atoms with E-state index in [-0.39, 0.29) is 17.0 Å². The molecule has 5 nitrogen and oxygen atoms in total. The van der Waals surface area contributed by atoms with Crippen LogP contribution in [0.2, 0.25) is 0 Å². The molecule has 1 heterocycles. The number of esters is 2. The molecule has 0 spiro atoms. The van der Waals surface area contributed by atoms with Crippen molar-refractivity contribution in [3.05, 3.63) is 107 Å². The second-order valence-corrected chi connectivity index (χ2v) is 8.63. The lowest BCUT2D eigenvalue weighted by molar-refractivity contribution is -0.129. The van der Waals surface area contributed by atoms with Crippen molar-refractivity contribution in [2.75, 3.05) is 0 Å². The van der Waals surface area contributed by atoms with Crippen LogP contribution >= 0.6 is 0 Å². The molecule has 3 aromatic rings. The summed E-state index contributed by atoms with van der Waals surface area (Å²) < 4.78 is 24.0. The van der Waals surface area contributed by atoms with Crippen LogP contribution in [-0.2, 0) is 14.9 Å². The Morgan fingerprint density at radius 3 is 2.33 bits per heavy atom. The molecule has 0 saturated carbocycles. The Labute approximate surface area is 191 Å². The van der Waals surface area contributed by atoms with Crippen molar-refractivity contribution in [3.63, 3.8) is 0 Å². The van der Waals surface area contributed by atoms with Crippen LogP contribution in [0.5, 0.6) is 5.75 Å². The first-order chi connectivity index (χ1) is 15.7. The number of cyclic esters (lactones) is 1. The molecule has 6 heteroatoms. The molecule has 0 amide bonds. The Bertz CT molecular complexity index is 1270. The monoisotopic (exact) mass is 443 g/mol. The van der Waals surface area contributed by atoms with Gasteiger partial charge in [-0.15, -0.1) is 0 Å². The largest absolute Gasteiger partial charge is 0.423 e. The van der Waals surface area contributed by atoms with Crippen LogP contribution in [0.15, 0.2) is 83.5 Å². The average Bonchev–Trinajstić information content (AvgIpc) is 3.15. The van der Waals surface area contributed by atoms with Crippen LogP contribution in [0.1, 0.15) is 47.8 Å². The van der Waals surface area contributed by atoms with Gasteiger partial charge in [0.2, 0.25) is 5.90 Å². The van der Waals surface area contributed by atoms with Crippen LogP contribution in [0, 0.1) is 5.82 Å². The number of aliphatic imine (C=N–C) groups is 1. The Morgan fingerprint density at radius 1 is 1.00 bits per heavy atom. The quantitative estimate of drug-likeness (QED) is 0.295. The molecule has 0 fully saturated rings. The van der Waals surface area contributed by atoms with Crippen molar-refractivity contribution >= 4 is 23.9 Å². The highest BCUT2D eigenvalue weighted by Gasteiger charge is 2.24. The highest BCUT2D eigenvalue weighted by Crippen LogP contribution is 2.24. The van der Waals surface area contributed by atoms with Gasteiger partial charge in [0, 0.05) is 5.56 Å². The van der Waals surface area contributed by atoms with E-state index in [1.807, 2.05) is 12.1 Å². The van der Waals surface area contributed by atoms with Gasteiger partial charge in [-0.2, -0.15) is 0 Å². The third-order valence-electron chi connectivity index (χ3n) is 5.07. The van der Waals surface area contributed by atoms with Gasteiger partial charge >= 0.3 is 11.9 Å². The minimum atomic E-state index is -0.622.